The SMILES string of the molecule is CCCN(CCNC(=NC)NCCCn1nc(C)cc1C)C(=O)OC(C)(C)C.I. The van der Waals surface area contributed by atoms with Crippen LogP contribution in [0.1, 0.15) is 51.9 Å². The number of hydrogen-bond donors (Lipinski definition) is 2. The Balaban J connectivity index is 0.00000784. The van der Waals surface area contributed by atoms with Crippen LogP contribution >= 0.6 is 24.0 Å². The molecule has 9 heteroatoms. The molecule has 0 saturated carbocycles. The monoisotopic (exact) mass is 522 g/mol. The number of halogens is 1. The lowest BCUT2D eigenvalue weighted by Crippen LogP contribution is -2.44. The summed E-state index contributed by atoms with van der Waals surface area (Å²) in [5.41, 5.74) is 1.74. The number of aryl methyl sites for hydroxylation is 3. The van der Waals surface area contributed by atoms with Crippen LogP contribution in [0.15, 0.2) is 11.1 Å². The van der Waals surface area contributed by atoms with E-state index in [0.29, 0.717) is 19.6 Å². The minimum absolute atomic E-state index is 0. The number of nitrogens with zero attached hydrogens (tertiary/aromatic N) is 4. The lowest BCUT2D eigenvalue weighted by molar-refractivity contribution is 0.0253. The Kier molecular flexibility index (Phi) is 12.9. The van der Waals surface area contributed by atoms with E-state index in [1.807, 2.05) is 39.3 Å². The van der Waals surface area contributed by atoms with Crippen molar-refractivity contribution >= 4 is 36.0 Å². The first kappa shape index (κ1) is 27.5. The molecule has 0 saturated heterocycles. The van der Waals surface area contributed by atoms with Gasteiger partial charge in [-0.3, -0.25) is 9.67 Å². The zero-order valence-electron chi connectivity index (χ0n) is 19.0. The van der Waals surface area contributed by atoms with Crippen molar-refractivity contribution in [3.8, 4) is 0 Å². The van der Waals surface area contributed by atoms with E-state index >= 15 is 0 Å². The fourth-order valence-electron chi connectivity index (χ4n) is 2.76. The van der Waals surface area contributed by atoms with Gasteiger partial charge < -0.3 is 20.3 Å². The molecule has 0 aliphatic heterocycles. The molecule has 1 aromatic rings. The van der Waals surface area contributed by atoms with Gasteiger partial charge in [0.25, 0.3) is 0 Å². The Labute approximate surface area is 192 Å². The third-order valence-electron chi connectivity index (χ3n) is 3.99. The number of amides is 1. The third kappa shape index (κ3) is 11.3. The maximum atomic E-state index is 12.3. The van der Waals surface area contributed by atoms with Crippen LogP contribution in [0.2, 0.25) is 0 Å². The van der Waals surface area contributed by atoms with Crippen LogP contribution < -0.4 is 10.6 Å². The van der Waals surface area contributed by atoms with E-state index in [1.54, 1.807) is 11.9 Å². The summed E-state index contributed by atoms with van der Waals surface area (Å²) in [5, 5.41) is 11.0. The molecule has 1 rings (SSSR count). The van der Waals surface area contributed by atoms with E-state index in [0.717, 1.165) is 37.6 Å². The van der Waals surface area contributed by atoms with Crippen LogP contribution in [0, 0.1) is 13.8 Å². The zero-order chi connectivity index (χ0) is 21.2. The van der Waals surface area contributed by atoms with Crippen molar-refractivity contribution in [2.24, 2.45) is 4.99 Å². The molecule has 0 bridgehead atoms. The van der Waals surface area contributed by atoms with Crippen molar-refractivity contribution in [1.82, 2.24) is 25.3 Å². The van der Waals surface area contributed by atoms with Gasteiger partial charge >= 0.3 is 6.09 Å². The van der Waals surface area contributed by atoms with Crippen molar-refractivity contribution in [2.75, 3.05) is 33.2 Å². The van der Waals surface area contributed by atoms with E-state index in [9.17, 15) is 4.79 Å². The van der Waals surface area contributed by atoms with Gasteiger partial charge in [0.1, 0.15) is 5.60 Å². The number of carbonyl (C=O) groups is 1. The fraction of sp³-hybridized carbons (Fsp3) is 0.750. The first-order valence-electron chi connectivity index (χ1n) is 10.1. The molecule has 0 spiro atoms. The van der Waals surface area contributed by atoms with Crippen LogP contribution in [0.4, 0.5) is 4.79 Å². The van der Waals surface area contributed by atoms with Gasteiger partial charge in [0.2, 0.25) is 0 Å². The van der Waals surface area contributed by atoms with Gasteiger partial charge in [-0.05, 0) is 53.5 Å². The van der Waals surface area contributed by atoms with Gasteiger partial charge in [0, 0.05) is 45.5 Å². The summed E-state index contributed by atoms with van der Waals surface area (Å²) in [4.78, 5) is 18.3. The van der Waals surface area contributed by atoms with E-state index in [2.05, 4.69) is 33.7 Å². The molecular formula is C20H39IN6O2. The van der Waals surface area contributed by atoms with Gasteiger partial charge in [0.05, 0.1) is 5.69 Å². The van der Waals surface area contributed by atoms with Gasteiger partial charge in [-0.15, -0.1) is 24.0 Å². The number of nitrogens with one attached hydrogen (secondary N) is 2. The first-order valence-corrected chi connectivity index (χ1v) is 10.1. The average molecular weight is 522 g/mol. The molecule has 0 aliphatic carbocycles. The Morgan fingerprint density at radius 2 is 1.90 bits per heavy atom. The van der Waals surface area contributed by atoms with Crippen molar-refractivity contribution in [1.29, 1.82) is 0 Å². The number of hydrogen-bond acceptors (Lipinski definition) is 4. The molecule has 0 aliphatic rings. The van der Waals surface area contributed by atoms with Gasteiger partial charge in [-0.2, -0.15) is 5.10 Å². The molecule has 1 heterocycles. The molecule has 0 unspecified atom stereocenters. The molecular weight excluding hydrogens is 483 g/mol. The minimum Gasteiger partial charge on any atom is -0.444 e. The number of guanidine groups is 1. The predicted molar refractivity (Wildman–Crippen MR) is 129 cm³/mol. The number of carbonyl (C=O) groups excluding carboxylic acids is 1. The summed E-state index contributed by atoms with van der Waals surface area (Å²) in [6.07, 6.45) is 1.56. The minimum atomic E-state index is -0.487. The summed E-state index contributed by atoms with van der Waals surface area (Å²) in [6.45, 7) is 15.3. The second kappa shape index (κ2) is 13.7. The van der Waals surface area contributed by atoms with Crippen LogP contribution in [0.3, 0.4) is 0 Å². The Hall–Kier alpha value is -1.52. The standard InChI is InChI=1S/C20H38N6O2.HI/c1-8-12-25(19(27)28-20(4,5)6)14-11-23-18(21-7)22-10-9-13-26-17(3)15-16(2)24-26;/h15H,8-14H2,1-7H3,(H2,21,22,23);1H. The van der Waals surface area contributed by atoms with Gasteiger partial charge in [0.15, 0.2) is 5.96 Å². The maximum Gasteiger partial charge on any atom is 0.410 e. The molecule has 0 fully saturated rings. The molecule has 1 amide bonds. The molecule has 0 aromatic carbocycles. The van der Waals surface area contributed by atoms with E-state index < -0.39 is 5.60 Å². The first-order chi connectivity index (χ1) is 13.2. The second-order valence-corrected chi connectivity index (χ2v) is 7.90. The Bertz CT molecular complexity index is 639. The highest BCUT2D eigenvalue weighted by Crippen LogP contribution is 2.10. The molecule has 168 valence electrons. The highest BCUT2D eigenvalue weighted by Gasteiger charge is 2.21. The second-order valence-electron chi connectivity index (χ2n) is 7.90. The maximum absolute atomic E-state index is 12.3. The number of aliphatic imine (C=N–C) groups is 1. The molecule has 1 aromatic heterocycles. The molecule has 29 heavy (non-hydrogen) atoms. The zero-order valence-corrected chi connectivity index (χ0v) is 21.4. The fourth-order valence-corrected chi connectivity index (χ4v) is 2.76. The lowest BCUT2D eigenvalue weighted by Gasteiger charge is -2.27. The third-order valence-corrected chi connectivity index (χ3v) is 3.99. The Morgan fingerprint density at radius 1 is 1.24 bits per heavy atom. The van der Waals surface area contributed by atoms with Crippen molar-refractivity contribution in [3.63, 3.8) is 0 Å². The summed E-state index contributed by atoms with van der Waals surface area (Å²) in [7, 11) is 1.74. The quantitative estimate of drug-likeness (QED) is 0.225. The molecule has 8 nitrogen and oxygen atoms in total. The van der Waals surface area contributed by atoms with Crippen LogP contribution in [0.25, 0.3) is 0 Å². The van der Waals surface area contributed by atoms with Crippen molar-refractivity contribution in [2.45, 2.75) is 66.5 Å². The molecule has 0 radical (unpaired) electrons. The number of rotatable bonds is 9. The van der Waals surface area contributed by atoms with E-state index in [-0.39, 0.29) is 30.1 Å². The number of aromatic nitrogens is 2. The van der Waals surface area contributed by atoms with Crippen LogP contribution in [-0.4, -0.2) is 65.6 Å². The predicted octanol–water partition coefficient (Wildman–Crippen LogP) is 3.32. The molecule has 2 N–H and O–H groups in total. The van der Waals surface area contributed by atoms with Crippen molar-refractivity contribution < 1.29 is 9.53 Å². The number of ether oxygens (including phenoxy) is 1. The van der Waals surface area contributed by atoms with E-state index in [4.69, 9.17) is 4.74 Å². The largest absolute Gasteiger partial charge is 0.444 e. The molecule has 0 atom stereocenters. The highest BCUT2D eigenvalue weighted by atomic mass is 127. The van der Waals surface area contributed by atoms with Crippen LogP contribution in [0.5, 0.6) is 0 Å². The smallest absolute Gasteiger partial charge is 0.410 e. The summed E-state index contributed by atoms with van der Waals surface area (Å²) in [5.74, 6) is 0.731. The van der Waals surface area contributed by atoms with E-state index in [1.165, 1.54) is 5.69 Å². The summed E-state index contributed by atoms with van der Waals surface area (Å²) < 4.78 is 7.50. The topological polar surface area (TPSA) is 83.8 Å². The Morgan fingerprint density at radius 3 is 2.41 bits per heavy atom. The lowest BCUT2D eigenvalue weighted by atomic mass is 10.2. The van der Waals surface area contributed by atoms with Gasteiger partial charge in [-0.25, -0.2) is 4.79 Å². The summed E-state index contributed by atoms with van der Waals surface area (Å²) >= 11 is 0. The normalized spacial score (nSPS) is 11.6. The van der Waals surface area contributed by atoms with Gasteiger partial charge in [-0.1, -0.05) is 6.92 Å². The average Bonchev–Trinajstić information content (AvgIpc) is 2.91. The van der Waals surface area contributed by atoms with Crippen LogP contribution in [-0.2, 0) is 11.3 Å². The summed E-state index contributed by atoms with van der Waals surface area (Å²) in [6, 6.07) is 2.08. The highest BCUT2D eigenvalue weighted by molar-refractivity contribution is 14.0. The van der Waals surface area contributed by atoms with Crippen molar-refractivity contribution in [3.05, 3.63) is 17.5 Å².